The minimum absolute atomic E-state index is 0.274. The number of nitrogens with zero attached hydrogens (tertiary/aromatic N) is 1. The number of anilines is 1. The number of benzene rings is 2. The Balaban J connectivity index is 1.74. The summed E-state index contributed by atoms with van der Waals surface area (Å²) in [6.45, 7) is 1.45. The van der Waals surface area contributed by atoms with Crippen LogP contribution in [0.15, 0.2) is 59.5 Å². The summed E-state index contributed by atoms with van der Waals surface area (Å²) in [4.78, 5) is 2.49. The van der Waals surface area contributed by atoms with Gasteiger partial charge in [0.15, 0.2) is 9.84 Å². The normalized spacial score (nSPS) is 15.9. The van der Waals surface area contributed by atoms with E-state index in [1.807, 2.05) is 18.2 Å². The van der Waals surface area contributed by atoms with E-state index in [0.717, 1.165) is 17.8 Å². The van der Waals surface area contributed by atoms with Crippen molar-refractivity contribution < 1.29 is 13.5 Å². The summed E-state index contributed by atoms with van der Waals surface area (Å²) in [5.41, 5.74) is 1.84. The van der Waals surface area contributed by atoms with Gasteiger partial charge in [0, 0.05) is 25.0 Å². The van der Waals surface area contributed by atoms with Crippen molar-refractivity contribution in [3.63, 3.8) is 0 Å². The zero-order chi connectivity index (χ0) is 17.2. The molecular weight excluding hydrogens is 322 g/mol. The van der Waals surface area contributed by atoms with Crippen LogP contribution in [0.1, 0.15) is 24.5 Å². The molecule has 2 aromatic rings. The first kappa shape index (κ1) is 17.0. The zero-order valence-electron chi connectivity index (χ0n) is 13.8. The summed E-state index contributed by atoms with van der Waals surface area (Å²) in [7, 11) is -3.21. The van der Waals surface area contributed by atoms with Gasteiger partial charge < -0.3 is 10.0 Å². The van der Waals surface area contributed by atoms with Crippen LogP contribution in [0.2, 0.25) is 0 Å². The average molecular weight is 345 g/mol. The van der Waals surface area contributed by atoms with Crippen LogP contribution in [0.3, 0.4) is 0 Å². The van der Waals surface area contributed by atoms with Crippen LogP contribution in [-0.2, 0) is 9.84 Å². The Morgan fingerprint density at radius 2 is 1.71 bits per heavy atom. The van der Waals surface area contributed by atoms with Crippen LogP contribution < -0.4 is 4.90 Å². The molecule has 1 N–H and O–H groups in total. The molecule has 0 saturated heterocycles. The molecule has 1 aliphatic rings. The Labute approximate surface area is 143 Å². The predicted molar refractivity (Wildman–Crippen MR) is 95.9 cm³/mol. The van der Waals surface area contributed by atoms with Crippen LogP contribution in [-0.4, -0.2) is 32.9 Å². The maximum atomic E-state index is 11.5. The molecule has 128 valence electrons. The second kappa shape index (κ2) is 6.95. The van der Waals surface area contributed by atoms with Gasteiger partial charge in [-0.15, -0.1) is 0 Å². The van der Waals surface area contributed by atoms with Crippen LogP contribution >= 0.6 is 0 Å². The molecule has 1 aliphatic carbocycles. The van der Waals surface area contributed by atoms with Crippen molar-refractivity contribution in [2.24, 2.45) is 5.92 Å². The molecule has 0 spiro atoms. The Kier molecular flexibility index (Phi) is 4.92. The van der Waals surface area contributed by atoms with Crippen molar-refractivity contribution >= 4 is 15.5 Å². The minimum atomic E-state index is -3.21. The van der Waals surface area contributed by atoms with Crippen molar-refractivity contribution in [1.29, 1.82) is 0 Å². The average Bonchev–Trinajstić information content (AvgIpc) is 3.38. The largest absolute Gasteiger partial charge is 0.387 e. The third-order valence-electron chi connectivity index (χ3n) is 4.38. The molecule has 0 amide bonds. The molecule has 1 atom stereocenters. The molecule has 5 heteroatoms. The number of rotatable bonds is 7. The molecular formula is C19H23NO3S. The fourth-order valence-electron chi connectivity index (χ4n) is 2.79. The number of sulfone groups is 1. The fraction of sp³-hybridized carbons (Fsp3) is 0.368. The van der Waals surface area contributed by atoms with Gasteiger partial charge in [-0.05, 0) is 48.6 Å². The summed E-state index contributed by atoms with van der Waals surface area (Å²) >= 11 is 0. The van der Waals surface area contributed by atoms with E-state index in [2.05, 4.69) is 17.0 Å². The highest BCUT2D eigenvalue weighted by molar-refractivity contribution is 7.90. The minimum Gasteiger partial charge on any atom is -0.387 e. The molecule has 1 fully saturated rings. The third kappa shape index (κ3) is 4.36. The van der Waals surface area contributed by atoms with E-state index in [-0.39, 0.29) is 4.90 Å². The number of hydrogen-bond acceptors (Lipinski definition) is 4. The van der Waals surface area contributed by atoms with E-state index < -0.39 is 15.9 Å². The van der Waals surface area contributed by atoms with Gasteiger partial charge >= 0.3 is 0 Å². The molecule has 1 unspecified atom stereocenters. The highest BCUT2D eigenvalue weighted by Gasteiger charge is 2.26. The lowest BCUT2D eigenvalue weighted by Gasteiger charge is -2.27. The smallest absolute Gasteiger partial charge is 0.175 e. The third-order valence-corrected chi connectivity index (χ3v) is 5.51. The molecule has 3 rings (SSSR count). The lowest BCUT2D eigenvalue weighted by atomic mass is 10.1. The maximum Gasteiger partial charge on any atom is 0.175 e. The van der Waals surface area contributed by atoms with Gasteiger partial charge in [-0.25, -0.2) is 8.42 Å². The topological polar surface area (TPSA) is 57.6 Å². The molecule has 2 aromatic carbocycles. The maximum absolute atomic E-state index is 11.5. The standard InChI is InChI=1S/C19H23NO3S/c1-24(22,23)18-11-9-16(10-12-18)19(21)14-20(13-15-7-8-15)17-5-3-2-4-6-17/h2-6,9-12,15,19,21H,7-8,13-14H2,1H3. The SMILES string of the molecule is CS(=O)(=O)c1ccc(C(O)CN(CC2CC2)c2ccccc2)cc1. The molecule has 0 radical (unpaired) electrons. The fourth-order valence-corrected chi connectivity index (χ4v) is 3.42. The Hall–Kier alpha value is -1.85. The zero-order valence-corrected chi connectivity index (χ0v) is 14.6. The van der Waals surface area contributed by atoms with Crippen molar-refractivity contribution in [3.05, 3.63) is 60.2 Å². The van der Waals surface area contributed by atoms with Gasteiger partial charge in [-0.3, -0.25) is 0 Å². The van der Waals surface area contributed by atoms with E-state index in [1.54, 1.807) is 24.3 Å². The Bertz CT molecular complexity index is 768. The molecule has 0 heterocycles. The van der Waals surface area contributed by atoms with Crippen molar-refractivity contribution in [2.75, 3.05) is 24.2 Å². The number of aliphatic hydroxyl groups is 1. The number of para-hydroxylation sites is 1. The van der Waals surface area contributed by atoms with Gasteiger partial charge in [-0.1, -0.05) is 30.3 Å². The van der Waals surface area contributed by atoms with Gasteiger partial charge in [-0.2, -0.15) is 0 Å². The summed E-state index contributed by atoms with van der Waals surface area (Å²) in [6, 6.07) is 16.6. The summed E-state index contributed by atoms with van der Waals surface area (Å²) in [5, 5.41) is 10.6. The first-order valence-electron chi connectivity index (χ1n) is 8.21. The first-order valence-corrected chi connectivity index (χ1v) is 10.1. The number of aliphatic hydroxyl groups excluding tert-OH is 1. The molecule has 0 aliphatic heterocycles. The van der Waals surface area contributed by atoms with Gasteiger partial charge in [0.25, 0.3) is 0 Å². The van der Waals surface area contributed by atoms with Gasteiger partial charge in [0.2, 0.25) is 0 Å². The lowest BCUT2D eigenvalue weighted by molar-refractivity contribution is 0.183. The second-order valence-corrected chi connectivity index (χ2v) is 8.56. The van der Waals surface area contributed by atoms with E-state index in [9.17, 15) is 13.5 Å². The van der Waals surface area contributed by atoms with Crippen LogP contribution in [0.5, 0.6) is 0 Å². The lowest BCUT2D eigenvalue weighted by Crippen LogP contribution is -2.30. The van der Waals surface area contributed by atoms with E-state index in [0.29, 0.717) is 12.5 Å². The van der Waals surface area contributed by atoms with Crippen molar-refractivity contribution in [3.8, 4) is 0 Å². The highest BCUT2D eigenvalue weighted by Crippen LogP contribution is 2.32. The van der Waals surface area contributed by atoms with Gasteiger partial charge in [0.05, 0.1) is 11.0 Å². The van der Waals surface area contributed by atoms with E-state index >= 15 is 0 Å². The Morgan fingerprint density at radius 3 is 2.25 bits per heavy atom. The molecule has 4 nitrogen and oxygen atoms in total. The molecule has 0 aromatic heterocycles. The van der Waals surface area contributed by atoms with Crippen LogP contribution in [0, 0.1) is 5.92 Å². The molecule has 0 bridgehead atoms. The van der Waals surface area contributed by atoms with Crippen LogP contribution in [0.25, 0.3) is 0 Å². The summed E-state index contributed by atoms with van der Waals surface area (Å²) in [6.07, 6.45) is 3.04. The summed E-state index contributed by atoms with van der Waals surface area (Å²) in [5.74, 6) is 0.713. The second-order valence-electron chi connectivity index (χ2n) is 6.54. The highest BCUT2D eigenvalue weighted by atomic mass is 32.2. The van der Waals surface area contributed by atoms with Crippen LogP contribution in [0.4, 0.5) is 5.69 Å². The van der Waals surface area contributed by atoms with Crippen molar-refractivity contribution in [1.82, 2.24) is 0 Å². The predicted octanol–water partition coefficient (Wildman–Crippen LogP) is 3.04. The molecule has 24 heavy (non-hydrogen) atoms. The van der Waals surface area contributed by atoms with Crippen molar-refractivity contribution in [2.45, 2.75) is 23.8 Å². The Morgan fingerprint density at radius 1 is 1.08 bits per heavy atom. The molecule has 1 saturated carbocycles. The first-order chi connectivity index (χ1) is 11.4. The van der Waals surface area contributed by atoms with Gasteiger partial charge in [0.1, 0.15) is 0 Å². The van der Waals surface area contributed by atoms with E-state index in [1.165, 1.54) is 19.1 Å². The van der Waals surface area contributed by atoms with E-state index in [4.69, 9.17) is 0 Å². The monoisotopic (exact) mass is 345 g/mol. The quantitative estimate of drug-likeness (QED) is 0.838. The number of hydrogen-bond donors (Lipinski definition) is 1. The summed E-state index contributed by atoms with van der Waals surface area (Å²) < 4.78 is 23.1.